The number of carbonyl (C=O) groups is 1. The highest BCUT2D eigenvalue weighted by molar-refractivity contribution is 6.74. The molecule has 1 aromatic rings. The molecule has 4 nitrogen and oxygen atoms in total. The van der Waals surface area contributed by atoms with Crippen molar-refractivity contribution in [2.45, 2.75) is 51.4 Å². The number of likely N-dealkylation sites (tertiary alicyclic amines) is 1. The van der Waals surface area contributed by atoms with E-state index >= 15 is 0 Å². The summed E-state index contributed by atoms with van der Waals surface area (Å²) in [5.74, 6) is 0.0134. The van der Waals surface area contributed by atoms with Crippen molar-refractivity contribution in [3.05, 3.63) is 29.8 Å². The summed E-state index contributed by atoms with van der Waals surface area (Å²) in [5, 5.41) is 0.189. The third-order valence-electron chi connectivity index (χ3n) is 4.89. The molecule has 0 radical (unpaired) electrons. The molecule has 0 spiro atoms. The number of anilines is 1. The Balaban J connectivity index is 2.02. The van der Waals surface area contributed by atoms with Crippen LogP contribution in [-0.2, 0) is 4.43 Å². The molecule has 22 heavy (non-hydrogen) atoms. The van der Waals surface area contributed by atoms with Gasteiger partial charge in [0, 0.05) is 18.8 Å². The van der Waals surface area contributed by atoms with Gasteiger partial charge in [0.1, 0.15) is 0 Å². The second-order valence-corrected chi connectivity index (χ2v) is 12.4. The number of hydrogen-bond acceptors (Lipinski definition) is 3. The Morgan fingerprint density at radius 2 is 1.95 bits per heavy atom. The van der Waals surface area contributed by atoms with Crippen LogP contribution in [0.3, 0.4) is 0 Å². The average molecular weight is 321 g/mol. The maximum atomic E-state index is 12.6. The van der Waals surface area contributed by atoms with Crippen LogP contribution >= 0.6 is 0 Å². The topological polar surface area (TPSA) is 55.6 Å². The van der Waals surface area contributed by atoms with E-state index in [-0.39, 0.29) is 17.0 Å². The lowest BCUT2D eigenvalue weighted by molar-refractivity contribution is 0.0769. The maximum Gasteiger partial charge on any atom is 0.256 e. The van der Waals surface area contributed by atoms with Gasteiger partial charge in [0.15, 0.2) is 8.32 Å². The van der Waals surface area contributed by atoms with E-state index in [9.17, 15) is 4.79 Å². The molecule has 122 valence electrons. The van der Waals surface area contributed by atoms with Gasteiger partial charge >= 0.3 is 0 Å². The molecule has 0 aliphatic carbocycles. The second-order valence-electron chi connectivity index (χ2n) is 7.63. The number of hydrogen-bond donors (Lipinski definition) is 1. The van der Waals surface area contributed by atoms with Crippen molar-refractivity contribution in [1.82, 2.24) is 4.90 Å². The second kappa shape index (κ2) is 6.05. The van der Waals surface area contributed by atoms with E-state index in [2.05, 4.69) is 33.9 Å². The molecule has 1 heterocycles. The molecule has 1 aliphatic heterocycles. The van der Waals surface area contributed by atoms with E-state index in [0.29, 0.717) is 17.8 Å². The molecule has 1 aliphatic rings. The van der Waals surface area contributed by atoms with Crippen LogP contribution in [0.2, 0.25) is 18.1 Å². The fourth-order valence-electron chi connectivity index (χ4n) is 2.46. The van der Waals surface area contributed by atoms with Crippen molar-refractivity contribution in [3.63, 3.8) is 0 Å². The highest BCUT2D eigenvalue weighted by Gasteiger charge is 2.41. The standard InChI is InChI=1S/C17H28N2O2Si/c1-17(2,3)22(4,5)21-13-10-11-19(12-13)16(20)14-8-6-7-9-15(14)18/h6-9,13H,10-12,18H2,1-5H3. The number of nitrogen functional groups attached to an aromatic ring is 1. The summed E-state index contributed by atoms with van der Waals surface area (Å²) >= 11 is 0. The van der Waals surface area contributed by atoms with E-state index in [1.807, 2.05) is 17.0 Å². The largest absolute Gasteiger partial charge is 0.412 e. The molecule has 1 saturated heterocycles. The predicted molar refractivity (Wildman–Crippen MR) is 93.4 cm³/mol. The van der Waals surface area contributed by atoms with Gasteiger partial charge in [0.2, 0.25) is 0 Å². The molecule has 1 unspecified atom stereocenters. The molecule has 1 aromatic carbocycles. The van der Waals surface area contributed by atoms with Crippen molar-refractivity contribution in [3.8, 4) is 0 Å². The first-order valence-electron chi connectivity index (χ1n) is 7.93. The fourth-order valence-corrected chi connectivity index (χ4v) is 3.84. The summed E-state index contributed by atoms with van der Waals surface area (Å²) in [6, 6.07) is 7.26. The monoisotopic (exact) mass is 320 g/mol. The Morgan fingerprint density at radius 3 is 2.55 bits per heavy atom. The van der Waals surface area contributed by atoms with Gasteiger partial charge in [-0.1, -0.05) is 32.9 Å². The predicted octanol–water partition coefficient (Wildman–Crippen LogP) is 3.51. The molecule has 1 fully saturated rings. The lowest BCUT2D eigenvalue weighted by atomic mass is 10.1. The summed E-state index contributed by atoms with van der Waals surface area (Å²) in [6.45, 7) is 12.6. The zero-order valence-electron chi connectivity index (χ0n) is 14.3. The summed E-state index contributed by atoms with van der Waals surface area (Å²) < 4.78 is 6.42. The molecule has 2 N–H and O–H groups in total. The van der Waals surface area contributed by atoms with Crippen LogP contribution in [0.25, 0.3) is 0 Å². The summed E-state index contributed by atoms with van der Waals surface area (Å²) in [7, 11) is -1.79. The van der Waals surface area contributed by atoms with E-state index in [4.69, 9.17) is 10.2 Å². The lowest BCUT2D eigenvalue weighted by Crippen LogP contribution is -2.44. The Labute approximate surface area is 134 Å². The highest BCUT2D eigenvalue weighted by Crippen LogP contribution is 2.38. The Bertz CT molecular complexity index is 552. The van der Waals surface area contributed by atoms with Gasteiger partial charge in [-0.3, -0.25) is 4.79 Å². The van der Waals surface area contributed by atoms with E-state index in [1.54, 1.807) is 12.1 Å². The summed E-state index contributed by atoms with van der Waals surface area (Å²) in [4.78, 5) is 14.4. The van der Waals surface area contributed by atoms with Crippen LogP contribution in [0.15, 0.2) is 24.3 Å². The van der Waals surface area contributed by atoms with Gasteiger partial charge in [0.25, 0.3) is 5.91 Å². The molecule has 2 rings (SSSR count). The molecule has 0 bridgehead atoms. The van der Waals surface area contributed by atoms with Gasteiger partial charge < -0.3 is 15.1 Å². The first kappa shape index (κ1) is 17.0. The quantitative estimate of drug-likeness (QED) is 0.685. The van der Waals surface area contributed by atoms with Crippen molar-refractivity contribution >= 4 is 19.9 Å². The normalized spacial score (nSPS) is 19.5. The number of rotatable bonds is 3. The average Bonchev–Trinajstić information content (AvgIpc) is 2.85. The van der Waals surface area contributed by atoms with Crippen molar-refractivity contribution < 1.29 is 9.22 Å². The van der Waals surface area contributed by atoms with Crippen LogP contribution in [-0.4, -0.2) is 38.3 Å². The zero-order chi connectivity index (χ0) is 16.5. The SMILES string of the molecule is CC(C)(C)[Si](C)(C)OC1CCN(C(=O)c2ccccc2N)C1. The Morgan fingerprint density at radius 1 is 1.32 bits per heavy atom. The van der Waals surface area contributed by atoms with Crippen LogP contribution in [0, 0.1) is 0 Å². The van der Waals surface area contributed by atoms with E-state index < -0.39 is 8.32 Å². The minimum atomic E-state index is -1.79. The third-order valence-corrected chi connectivity index (χ3v) is 9.43. The molecule has 5 heteroatoms. The Kier molecular flexibility index (Phi) is 4.68. The number of nitrogens with zero attached hydrogens (tertiary/aromatic N) is 1. The summed E-state index contributed by atoms with van der Waals surface area (Å²) in [6.07, 6.45) is 1.06. The van der Waals surface area contributed by atoms with Crippen molar-refractivity contribution in [1.29, 1.82) is 0 Å². The van der Waals surface area contributed by atoms with Crippen LogP contribution in [0.1, 0.15) is 37.6 Å². The number of nitrogens with two attached hydrogens (primary N) is 1. The van der Waals surface area contributed by atoms with Gasteiger partial charge in [-0.05, 0) is 36.7 Å². The lowest BCUT2D eigenvalue weighted by Gasteiger charge is -2.38. The van der Waals surface area contributed by atoms with Crippen LogP contribution < -0.4 is 5.73 Å². The minimum Gasteiger partial charge on any atom is -0.412 e. The minimum absolute atomic E-state index is 0.0134. The zero-order valence-corrected chi connectivity index (χ0v) is 15.3. The summed E-state index contributed by atoms with van der Waals surface area (Å²) in [5.41, 5.74) is 7.05. The van der Waals surface area contributed by atoms with Gasteiger partial charge in [0.05, 0.1) is 11.7 Å². The van der Waals surface area contributed by atoms with Crippen molar-refractivity contribution in [2.24, 2.45) is 0 Å². The third kappa shape index (κ3) is 3.52. The smallest absolute Gasteiger partial charge is 0.256 e. The van der Waals surface area contributed by atoms with Gasteiger partial charge in [-0.25, -0.2) is 0 Å². The fraction of sp³-hybridized carbons (Fsp3) is 0.588. The molecule has 0 aromatic heterocycles. The molecule has 0 saturated carbocycles. The molecular formula is C17H28N2O2Si. The molecule has 1 atom stereocenters. The van der Waals surface area contributed by atoms with Gasteiger partial charge in [-0.15, -0.1) is 0 Å². The Hall–Kier alpha value is -1.33. The first-order valence-corrected chi connectivity index (χ1v) is 10.8. The maximum absolute atomic E-state index is 12.6. The first-order chi connectivity index (χ1) is 10.1. The van der Waals surface area contributed by atoms with Crippen molar-refractivity contribution in [2.75, 3.05) is 18.8 Å². The van der Waals surface area contributed by atoms with E-state index in [0.717, 1.165) is 13.0 Å². The number of para-hydroxylation sites is 1. The molecular weight excluding hydrogens is 292 g/mol. The number of benzene rings is 1. The number of carbonyl (C=O) groups excluding carboxylic acids is 1. The highest BCUT2D eigenvalue weighted by atomic mass is 28.4. The van der Waals surface area contributed by atoms with E-state index in [1.165, 1.54) is 0 Å². The van der Waals surface area contributed by atoms with Crippen LogP contribution in [0.4, 0.5) is 5.69 Å². The van der Waals surface area contributed by atoms with Crippen LogP contribution in [0.5, 0.6) is 0 Å². The van der Waals surface area contributed by atoms with Gasteiger partial charge in [-0.2, -0.15) is 0 Å². The molecule has 1 amide bonds. The number of amides is 1.